The Kier molecular flexibility index (Phi) is 3.76. The van der Waals surface area contributed by atoms with Gasteiger partial charge >= 0.3 is 0 Å². The summed E-state index contributed by atoms with van der Waals surface area (Å²) in [7, 11) is 0. The zero-order valence-corrected chi connectivity index (χ0v) is 12.0. The molecular formula is C15H11ClN4O2. The maximum atomic E-state index is 12.1. The monoisotopic (exact) mass is 314 g/mol. The lowest BCUT2D eigenvalue weighted by molar-refractivity contribution is 0.102. The summed E-state index contributed by atoms with van der Waals surface area (Å²) < 4.78 is 1.55. The topological polar surface area (TPSA) is 80.0 Å². The average molecular weight is 315 g/mol. The molecule has 7 heteroatoms. The molecule has 22 heavy (non-hydrogen) atoms. The average Bonchev–Trinajstić information content (AvgIpc) is 2.99. The number of pyridine rings is 1. The first kappa shape index (κ1) is 14.1. The highest BCUT2D eigenvalue weighted by molar-refractivity contribution is 6.30. The lowest BCUT2D eigenvalue weighted by Gasteiger charge is -2.05. The maximum absolute atomic E-state index is 12.1. The van der Waals surface area contributed by atoms with Crippen LogP contribution in [0, 0.1) is 0 Å². The first-order valence-electron chi connectivity index (χ1n) is 6.39. The molecule has 110 valence electrons. The van der Waals surface area contributed by atoms with Crippen LogP contribution in [0.3, 0.4) is 0 Å². The van der Waals surface area contributed by atoms with Gasteiger partial charge in [-0.15, -0.1) is 0 Å². The largest absolute Gasteiger partial charge is 0.504 e. The molecule has 0 saturated carbocycles. The van der Waals surface area contributed by atoms with Crippen molar-refractivity contribution in [1.82, 2.24) is 14.8 Å². The molecule has 0 fully saturated rings. The molecule has 0 bridgehead atoms. The van der Waals surface area contributed by atoms with Crippen LogP contribution in [0.4, 0.5) is 5.69 Å². The van der Waals surface area contributed by atoms with Crippen molar-refractivity contribution in [2.75, 3.05) is 5.32 Å². The van der Waals surface area contributed by atoms with Crippen LogP contribution in [-0.4, -0.2) is 25.8 Å². The summed E-state index contributed by atoms with van der Waals surface area (Å²) in [5, 5.41) is 17.0. The molecule has 0 atom stereocenters. The molecule has 0 unspecified atom stereocenters. The Hall–Kier alpha value is -2.86. The van der Waals surface area contributed by atoms with Gasteiger partial charge in [-0.05, 0) is 30.3 Å². The van der Waals surface area contributed by atoms with E-state index in [0.29, 0.717) is 5.02 Å². The molecule has 2 N–H and O–H groups in total. The summed E-state index contributed by atoms with van der Waals surface area (Å²) in [5.41, 5.74) is 1.24. The quantitative estimate of drug-likeness (QED) is 0.779. The fourth-order valence-corrected chi connectivity index (χ4v) is 2.07. The lowest BCUT2D eigenvalue weighted by Crippen LogP contribution is -2.13. The highest BCUT2D eigenvalue weighted by atomic mass is 35.5. The molecule has 3 aromatic rings. The number of carbonyl (C=O) groups excluding carboxylic acids is 1. The van der Waals surface area contributed by atoms with Gasteiger partial charge in [-0.2, -0.15) is 5.10 Å². The molecule has 1 aromatic carbocycles. The van der Waals surface area contributed by atoms with Crippen LogP contribution in [0.1, 0.15) is 10.5 Å². The molecule has 3 rings (SSSR count). The van der Waals surface area contributed by atoms with E-state index in [1.54, 1.807) is 35.1 Å². The van der Waals surface area contributed by atoms with Gasteiger partial charge in [0.25, 0.3) is 5.91 Å². The van der Waals surface area contributed by atoms with Gasteiger partial charge in [0, 0.05) is 17.4 Å². The van der Waals surface area contributed by atoms with E-state index < -0.39 is 5.91 Å². The number of benzene rings is 1. The van der Waals surface area contributed by atoms with Crippen molar-refractivity contribution >= 4 is 23.2 Å². The first-order valence-corrected chi connectivity index (χ1v) is 6.77. The van der Waals surface area contributed by atoms with E-state index in [2.05, 4.69) is 15.4 Å². The molecule has 1 amide bonds. The number of amides is 1. The van der Waals surface area contributed by atoms with Gasteiger partial charge in [-0.3, -0.25) is 9.78 Å². The summed E-state index contributed by atoms with van der Waals surface area (Å²) in [6, 6.07) is 10.2. The van der Waals surface area contributed by atoms with Gasteiger partial charge in [-0.1, -0.05) is 17.7 Å². The Morgan fingerprint density at radius 2 is 2.14 bits per heavy atom. The summed E-state index contributed by atoms with van der Waals surface area (Å²) in [6.07, 6.45) is 4.38. The van der Waals surface area contributed by atoms with Gasteiger partial charge in [0.1, 0.15) is 0 Å². The Labute approximate surface area is 131 Å². The molecule has 0 aliphatic heterocycles. The van der Waals surface area contributed by atoms with Crippen molar-refractivity contribution in [3.05, 3.63) is 65.7 Å². The third kappa shape index (κ3) is 2.91. The van der Waals surface area contributed by atoms with Crippen LogP contribution in [0.25, 0.3) is 5.69 Å². The van der Waals surface area contributed by atoms with E-state index in [-0.39, 0.29) is 17.1 Å². The van der Waals surface area contributed by atoms with Crippen LogP contribution in [0.2, 0.25) is 5.02 Å². The third-order valence-electron chi connectivity index (χ3n) is 2.94. The third-order valence-corrected chi connectivity index (χ3v) is 3.18. The van der Waals surface area contributed by atoms with Crippen LogP contribution in [0.5, 0.6) is 5.75 Å². The molecule has 0 aliphatic carbocycles. The molecule has 2 aromatic heterocycles. The van der Waals surface area contributed by atoms with E-state index in [9.17, 15) is 9.90 Å². The van der Waals surface area contributed by atoms with Crippen LogP contribution < -0.4 is 5.32 Å². The summed E-state index contributed by atoms with van der Waals surface area (Å²) in [6.45, 7) is 0. The smallest absolute Gasteiger partial charge is 0.276 e. The van der Waals surface area contributed by atoms with Gasteiger partial charge < -0.3 is 10.4 Å². The summed E-state index contributed by atoms with van der Waals surface area (Å²) in [4.78, 5) is 15.9. The molecule has 0 saturated heterocycles. The number of hydrogen-bond donors (Lipinski definition) is 2. The zero-order chi connectivity index (χ0) is 15.5. The second kappa shape index (κ2) is 5.87. The lowest BCUT2D eigenvalue weighted by atomic mass is 10.3. The van der Waals surface area contributed by atoms with Crippen LogP contribution in [0.15, 0.2) is 55.0 Å². The predicted molar refractivity (Wildman–Crippen MR) is 82.4 cm³/mol. The minimum atomic E-state index is -0.428. The van der Waals surface area contributed by atoms with E-state index in [4.69, 9.17) is 11.6 Å². The van der Waals surface area contributed by atoms with E-state index >= 15 is 0 Å². The fraction of sp³-hybridized carbons (Fsp3) is 0. The Morgan fingerprint density at radius 3 is 2.91 bits per heavy atom. The van der Waals surface area contributed by atoms with Gasteiger partial charge in [0.15, 0.2) is 11.4 Å². The van der Waals surface area contributed by atoms with Crippen molar-refractivity contribution in [2.24, 2.45) is 0 Å². The van der Waals surface area contributed by atoms with Crippen molar-refractivity contribution < 1.29 is 9.90 Å². The second-order valence-corrected chi connectivity index (χ2v) is 4.91. The zero-order valence-electron chi connectivity index (χ0n) is 11.3. The van der Waals surface area contributed by atoms with Crippen molar-refractivity contribution in [1.29, 1.82) is 0 Å². The number of halogens is 1. The van der Waals surface area contributed by atoms with E-state index in [1.165, 1.54) is 18.5 Å². The molecular weight excluding hydrogens is 304 g/mol. The molecule has 0 radical (unpaired) electrons. The first-order chi connectivity index (χ1) is 10.6. The number of aromatic hydroxyl groups is 1. The van der Waals surface area contributed by atoms with Crippen LogP contribution >= 0.6 is 11.6 Å². The van der Waals surface area contributed by atoms with Gasteiger partial charge in [0.05, 0.1) is 17.6 Å². The number of carbonyl (C=O) groups is 1. The minimum Gasteiger partial charge on any atom is -0.504 e. The SMILES string of the molecule is O=C(Nc1ccncc1O)c1ccn(-c2cccc(Cl)c2)n1. The van der Waals surface area contributed by atoms with E-state index in [0.717, 1.165) is 5.69 Å². The molecule has 0 aliphatic rings. The Morgan fingerprint density at radius 1 is 1.27 bits per heavy atom. The number of nitrogens with zero attached hydrogens (tertiary/aromatic N) is 3. The highest BCUT2D eigenvalue weighted by Gasteiger charge is 2.12. The Bertz CT molecular complexity index is 832. The number of nitrogens with one attached hydrogen (secondary N) is 1. The van der Waals surface area contributed by atoms with Crippen molar-refractivity contribution in [3.8, 4) is 11.4 Å². The number of rotatable bonds is 3. The summed E-state index contributed by atoms with van der Waals surface area (Å²) >= 11 is 5.93. The molecule has 2 heterocycles. The van der Waals surface area contributed by atoms with Crippen LogP contribution in [-0.2, 0) is 0 Å². The number of anilines is 1. The maximum Gasteiger partial charge on any atom is 0.276 e. The van der Waals surface area contributed by atoms with Gasteiger partial charge in [0.2, 0.25) is 0 Å². The molecule has 6 nitrogen and oxygen atoms in total. The van der Waals surface area contributed by atoms with Gasteiger partial charge in [-0.25, -0.2) is 4.68 Å². The summed E-state index contributed by atoms with van der Waals surface area (Å²) in [5.74, 6) is -0.535. The predicted octanol–water partition coefficient (Wildman–Crippen LogP) is 2.88. The normalized spacial score (nSPS) is 10.4. The fourth-order valence-electron chi connectivity index (χ4n) is 1.89. The van der Waals surface area contributed by atoms with E-state index in [1.807, 2.05) is 6.07 Å². The number of hydrogen-bond acceptors (Lipinski definition) is 4. The molecule has 0 spiro atoms. The van der Waals surface area contributed by atoms with Crippen molar-refractivity contribution in [3.63, 3.8) is 0 Å². The highest BCUT2D eigenvalue weighted by Crippen LogP contribution is 2.21. The Balaban J connectivity index is 1.82. The minimum absolute atomic E-state index is 0.106. The second-order valence-electron chi connectivity index (χ2n) is 4.47. The number of aromatic nitrogens is 3. The standard InChI is InChI=1S/C15H11ClN4O2/c16-10-2-1-3-11(8-10)20-7-5-13(19-20)15(22)18-12-4-6-17-9-14(12)21/h1-9,21H,(H,17,18,22). The van der Waals surface area contributed by atoms with Crippen molar-refractivity contribution in [2.45, 2.75) is 0 Å².